The number of rotatable bonds is 8. The maximum absolute atomic E-state index is 14.9. The third-order valence-electron chi connectivity index (χ3n) is 9.37. The molecular formula is C38H39ClN4O. The van der Waals surface area contributed by atoms with Gasteiger partial charge in [0.05, 0.1) is 10.7 Å². The zero-order valence-electron chi connectivity index (χ0n) is 25.1. The Bertz CT molecular complexity index is 1680. The third kappa shape index (κ3) is 5.62. The lowest BCUT2D eigenvalue weighted by molar-refractivity contribution is 0.0734. The first-order valence-electron chi connectivity index (χ1n) is 15.9. The van der Waals surface area contributed by atoms with Crippen LogP contribution in [0.3, 0.4) is 0 Å². The standard InChI is InChI=1S/C38H39ClN4O/c39-32-18-8-10-20-34(32)41-24-26-42(27-25-41)38(44)37-36(35(29-13-3-1-4-14-29)30-15-5-2-6-16-30)31-17-7-9-19-33(31)43(37)28-23-40-21-11-12-22-40/h1-10,13-20,35H,11-12,21-28H2. The minimum absolute atomic E-state index is 0.0706. The summed E-state index contributed by atoms with van der Waals surface area (Å²) in [7, 11) is 0. The molecule has 2 fully saturated rings. The van der Waals surface area contributed by atoms with Crippen molar-refractivity contribution in [3.05, 3.63) is 137 Å². The van der Waals surface area contributed by atoms with Crippen LogP contribution in [-0.2, 0) is 6.54 Å². The van der Waals surface area contributed by atoms with Crippen LogP contribution >= 0.6 is 11.6 Å². The highest BCUT2D eigenvalue weighted by atomic mass is 35.5. The molecule has 0 atom stereocenters. The number of carbonyl (C=O) groups excluding carboxylic acids is 1. The molecule has 0 bridgehead atoms. The predicted molar refractivity (Wildman–Crippen MR) is 181 cm³/mol. The van der Waals surface area contributed by atoms with Crippen molar-refractivity contribution in [2.45, 2.75) is 25.3 Å². The van der Waals surface area contributed by atoms with Crippen LogP contribution in [0.25, 0.3) is 10.9 Å². The fraction of sp³-hybridized carbons (Fsp3) is 0.289. The largest absolute Gasteiger partial charge is 0.367 e. The van der Waals surface area contributed by atoms with E-state index in [1.165, 1.54) is 24.0 Å². The number of para-hydroxylation sites is 2. The summed E-state index contributed by atoms with van der Waals surface area (Å²) in [5.41, 5.74) is 6.50. The maximum Gasteiger partial charge on any atom is 0.270 e. The highest BCUT2D eigenvalue weighted by Crippen LogP contribution is 2.41. The molecular weight excluding hydrogens is 564 g/mol. The number of hydrogen-bond donors (Lipinski definition) is 0. The van der Waals surface area contributed by atoms with E-state index in [9.17, 15) is 4.79 Å². The zero-order chi connectivity index (χ0) is 29.9. The molecule has 4 aromatic carbocycles. The van der Waals surface area contributed by atoms with Gasteiger partial charge in [0.25, 0.3) is 5.91 Å². The molecule has 3 heterocycles. The lowest BCUT2D eigenvalue weighted by Gasteiger charge is -2.37. The molecule has 1 aromatic heterocycles. The van der Waals surface area contributed by atoms with Crippen molar-refractivity contribution in [1.82, 2.24) is 14.4 Å². The van der Waals surface area contributed by atoms with Gasteiger partial charge in [-0.1, -0.05) is 103 Å². The van der Waals surface area contributed by atoms with Crippen molar-refractivity contribution >= 4 is 34.1 Å². The average molecular weight is 603 g/mol. The number of likely N-dealkylation sites (tertiary alicyclic amines) is 1. The summed E-state index contributed by atoms with van der Waals surface area (Å²) in [6.45, 7) is 6.81. The SMILES string of the molecule is O=C(c1c(C(c2ccccc2)c2ccccc2)c2ccccc2n1CCN1CCCC1)N1CCN(c2ccccc2Cl)CC1. The molecule has 0 saturated carbocycles. The third-order valence-corrected chi connectivity index (χ3v) is 9.69. The number of anilines is 1. The molecule has 0 N–H and O–H groups in total. The van der Waals surface area contributed by atoms with Crippen LogP contribution in [0.2, 0.25) is 5.02 Å². The van der Waals surface area contributed by atoms with Gasteiger partial charge in [-0.3, -0.25) is 4.79 Å². The summed E-state index contributed by atoms with van der Waals surface area (Å²) in [6.07, 6.45) is 2.51. The van der Waals surface area contributed by atoms with E-state index in [0.29, 0.717) is 13.1 Å². The van der Waals surface area contributed by atoms with Gasteiger partial charge < -0.3 is 19.3 Å². The summed E-state index contributed by atoms with van der Waals surface area (Å²) in [6, 6.07) is 38.0. The normalized spacial score (nSPS) is 15.9. The second-order valence-electron chi connectivity index (χ2n) is 12.0. The molecule has 6 heteroatoms. The minimum Gasteiger partial charge on any atom is -0.367 e. The number of piperazine rings is 1. The van der Waals surface area contributed by atoms with E-state index >= 15 is 0 Å². The topological polar surface area (TPSA) is 31.7 Å². The van der Waals surface area contributed by atoms with E-state index in [1.54, 1.807) is 0 Å². The number of carbonyl (C=O) groups is 1. The van der Waals surface area contributed by atoms with Crippen molar-refractivity contribution in [2.75, 3.05) is 50.7 Å². The molecule has 5 aromatic rings. The van der Waals surface area contributed by atoms with Gasteiger partial charge in [0.15, 0.2) is 0 Å². The first kappa shape index (κ1) is 28.7. The van der Waals surface area contributed by atoms with Crippen LogP contribution in [0.5, 0.6) is 0 Å². The number of halogens is 1. The summed E-state index contributed by atoms with van der Waals surface area (Å²) in [5.74, 6) is 0.0481. The van der Waals surface area contributed by atoms with Gasteiger partial charge in [-0.15, -0.1) is 0 Å². The molecule has 0 unspecified atom stereocenters. The van der Waals surface area contributed by atoms with Crippen LogP contribution in [0.15, 0.2) is 109 Å². The van der Waals surface area contributed by atoms with Crippen molar-refractivity contribution in [1.29, 1.82) is 0 Å². The van der Waals surface area contributed by atoms with E-state index in [0.717, 1.165) is 72.1 Å². The van der Waals surface area contributed by atoms with Gasteiger partial charge >= 0.3 is 0 Å². The Kier molecular flexibility index (Phi) is 8.41. The number of fused-ring (bicyclic) bond motifs is 1. The van der Waals surface area contributed by atoms with E-state index in [4.69, 9.17) is 11.6 Å². The van der Waals surface area contributed by atoms with Crippen molar-refractivity contribution in [2.24, 2.45) is 0 Å². The average Bonchev–Trinajstić information content (AvgIpc) is 3.71. The molecule has 0 aliphatic carbocycles. The summed E-state index contributed by atoms with van der Waals surface area (Å²) in [5, 5.41) is 1.91. The first-order chi connectivity index (χ1) is 21.7. The number of benzene rings is 4. The van der Waals surface area contributed by atoms with Gasteiger partial charge in [-0.05, 0) is 55.3 Å². The fourth-order valence-electron chi connectivity index (χ4n) is 7.16. The van der Waals surface area contributed by atoms with Crippen LogP contribution in [0.1, 0.15) is 45.9 Å². The molecule has 0 spiro atoms. The van der Waals surface area contributed by atoms with Crippen LogP contribution in [-0.4, -0.2) is 66.1 Å². The monoisotopic (exact) mass is 602 g/mol. The lowest BCUT2D eigenvalue weighted by Crippen LogP contribution is -2.49. The Morgan fingerprint density at radius 3 is 1.91 bits per heavy atom. The molecule has 2 aliphatic heterocycles. The van der Waals surface area contributed by atoms with Crippen LogP contribution in [0, 0.1) is 0 Å². The molecule has 5 nitrogen and oxygen atoms in total. The second-order valence-corrected chi connectivity index (χ2v) is 12.4. The minimum atomic E-state index is -0.0706. The first-order valence-corrected chi connectivity index (χ1v) is 16.3. The molecule has 2 saturated heterocycles. The van der Waals surface area contributed by atoms with E-state index in [2.05, 4.69) is 110 Å². The Morgan fingerprint density at radius 1 is 0.659 bits per heavy atom. The summed E-state index contributed by atoms with van der Waals surface area (Å²) in [4.78, 5) is 21.8. The van der Waals surface area contributed by atoms with Crippen molar-refractivity contribution in [3.8, 4) is 0 Å². The Labute approximate surface area is 265 Å². The van der Waals surface area contributed by atoms with Crippen molar-refractivity contribution < 1.29 is 4.79 Å². The smallest absolute Gasteiger partial charge is 0.270 e. The van der Waals surface area contributed by atoms with E-state index in [1.807, 2.05) is 18.2 Å². The summed E-state index contributed by atoms with van der Waals surface area (Å²) >= 11 is 6.55. The van der Waals surface area contributed by atoms with Gasteiger partial charge in [-0.2, -0.15) is 0 Å². The number of hydrogen-bond acceptors (Lipinski definition) is 3. The predicted octanol–water partition coefficient (Wildman–Crippen LogP) is 7.53. The lowest BCUT2D eigenvalue weighted by atomic mass is 9.83. The highest BCUT2D eigenvalue weighted by molar-refractivity contribution is 6.33. The van der Waals surface area contributed by atoms with Crippen LogP contribution < -0.4 is 4.90 Å². The summed E-state index contributed by atoms with van der Waals surface area (Å²) < 4.78 is 2.34. The van der Waals surface area contributed by atoms with E-state index < -0.39 is 0 Å². The second kappa shape index (κ2) is 12.9. The molecule has 7 rings (SSSR count). The Hall–Kier alpha value is -4.06. The highest BCUT2D eigenvalue weighted by Gasteiger charge is 2.33. The van der Waals surface area contributed by atoms with Crippen molar-refractivity contribution in [3.63, 3.8) is 0 Å². The van der Waals surface area contributed by atoms with Gasteiger partial charge in [-0.25, -0.2) is 0 Å². The number of nitrogens with zero attached hydrogens (tertiary/aromatic N) is 4. The Morgan fingerprint density at radius 2 is 1.25 bits per heavy atom. The molecule has 224 valence electrons. The van der Waals surface area contributed by atoms with E-state index in [-0.39, 0.29) is 11.8 Å². The van der Waals surface area contributed by atoms with Gasteiger partial charge in [0, 0.05) is 61.7 Å². The molecule has 1 amide bonds. The quantitative estimate of drug-likeness (QED) is 0.184. The molecule has 2 aliphatic rings. The fourth-order valence-corrected chi connectivity index (χ4v) is 7.41. The van der Waals surface area contributed by atoms with Crippen LogP contribution in [0.4, 0.5) is 5.69 Å². The molecule has 0 radical (unpaired) electrons. The Balaban J connectivity index is 1.34. The van der Waals surface area contributed by atoms with Gasteiger partial charge in [0.2, 0.25) is 0 Å². The maximum atomic E-state index is 14.9. The number of amides is 1. The van der Waals surface area contributed by atoms with Gasteiger partial charge in [0.1, 0.15) is 5.69 Å². The molecule has 44 heavy (non-hydrogen) atoms. The zero-order valence-corrected chi connectivity index (χ0v) is 25.9. The number of aromatic nitrogens is 1.